The highest BCUT2D eigenvalue weighted by Gasteiger charge is 2.54. The van der Waals surface area contributed by atoms with E-state index in [0.29, 0.717) is 5.75 Å². The van der Waals surface area contributed by atoms with Crippen molar-refractivity contribution in [2.75, 3.05) is 0 Å². The minimum atomic E-state index is -0.397. The molecule has 2 aliphatic rings. The van der Waals surface area contributed by atoms with E-state index in [0.717, 1.165) is 19.3 Å². The first-order chi connectivity index (χ1) is 9.62. The van der Waals surface area contributed by atoms with E-state index in [1.165, 1.54) is 31.4 Å². The molecule has 0 radical (unpaired) electrons. The molecule has 1 aromatic rings. The molecule has 0 heterocycles. The molecule has 2 aliphatic carbocycles. The fourth-order valence-electron chi connectivity index (χ4n) is 3.66. The van der Waals surface area contributed by atoms with E-state index >= 15 is 0 Å². The minimum absolute atomic E-state index is 0.0926. The van der Waals surface area contributed by atoms with Crippen LogP contribution in [0.2, 0.25) is 0 Å². The van der Waals surface area contributed by atoms with Crippen molar-refractivity contribution in [3.63, 3.8) is 0 Å². The summed E-state index contributed by atoms with van der Waals surface area (Å²) < 4.78 is 6.05. The maximum atomic E-state index is 10.6. The predicted molar refractivity (Wildman–Crippen MR) is 75.6 cm³/mol. The fourth-order valence-corrected chi connectivity index (χ4v) is 3.66. The lowest BCUT2D eigenvalue weighted by atomic mass is 9.55. The number of nitro groups is 1. The van der Waals surface area contributed by atoms with Crippen molar-refractivity contribution in [2.24, 2.45) is 11.1 Å². The van der Waals surface area contributed by atoms with E-state index in [4.69, 9.17) is 10.5 Å². The molecule has 2 unspecified atom stereocenters. The van der Waals surface area contributed by atoms with Crippen LogP contribution in [-0.2, 0) is 0 Å². The Bertz CT molecular complexity index is 494. The van der Waals surface area contributed by atoms with E-state index < -0.39 is 4.92 Å². The zero-order valence-corrected chi connectivity index (χ0v) is 11.5. The third-order valence-corrected chi connectivity index (χ3v) is 4.96. The lowest BCUT2D eigenvalue weighted by Gasteiger charge is -2.56. The minimum Gasteiger partial charge on any atom is -0.490 e. The van der Waals surface area contributed by atoms with E-state index in [1.54, 1.807) is 12.1 Å². The van der Waals surface area contributed by atoms with Crippen molar-refractivity contribution in [3.05, 3.63) is 34.4 Å². The third kappa shape index (κ3) is 2.16. The molecule has 20 heavy (non-hydrogen) atoms. The van der Waals surface area contributed by atoms with Gasteiger partial charge in [-0.05, 0) is 25.0 Å². The van der Waals surface area contributed by atoms with Crippen molar-refractivity contribution in [1.29, 1.82) is 0 Å². The maximum Gasteiger partial charge on any atom is 0.269 e. The van der Waals surface area contributed by atoms with E-state index in [1.807, 2.05) is 0 Å². The Labute approximate surface area is 118 Å². The zero-order chi connectivity index (χ0) is 14.2. The van der Waals surface area contributed by atoms with Gasteiger partial charge in [-0.25, -0.2) is 0 Å². The van der Waals surface area contributed by atoms with Gasteiger partial charge in [0.05, 0.1) is 4.92 Å². The van der Waals surface area contributed by atoms with Crippen LogP contribution in [0.3, 0.4) is 0 Å². The second-order valence-corrected chi connectivity index (χ2v) is 5.99. The molecule has 1 aromatic carbocycles. The predicted octanol–water partition coefficient (Wildman–Crippen LogP) is 3.02. The van der Waals surface area contributed by atoms with Gasteiger partial charge in [0.2, 0.25) is 0 Å². The summed E-state index contributed by atoms with van der Waals surface area (Å²) in [6.07, 6.45) is 7.09. The Morgan fingerprint density at radius 1 is 1.20 bits per heavy atom. The lowest BCUT2D eigenvalue weighted by Crippen LogP contribution is -2.64. The van der Waals surface area contributed by atoms with Gasteiger partial charge in [-0.3, -0.25) is 10.1 Å². The first-order valence-corrected chi connectivity index (χ1v) is 7.28. The Balaban J connectivity index is 1.70. The van der Waals surface area contributed by atoms with Crippen molar-refractivity contribution in [1.82, 2.24) is 0 Å². The number of benzene rings is 1. The van der Waals surface area contributed by atoms with Gasteiger partial charge in [-0.2, -0.15) is 0 Å². The first-order valence-electron chi connectivity index (χ1n) is 7.28. The largest absolute Gasteiger partial charge is 0.490 e. The number of nitrogens with zero attached hydrogens (tertiary/aromatic N) is 1. The molecule has 5 heteroatoms. The number of hydrogen-bond acceptors (Lipinski definition) is 4. The van der Waals surface area contributed by atoms with Crippen LogP contribution in [0, 0.1) is 15.5 Å². The summed E-state index contributed by atoms with van der Waals surface area (Å²) in [5.41, 5.74) is 6.46. The average Bonchev–Trinajstić information content (AvgIpc) is 2.48. The van der Waals surface area contributed by atoms with Crippen LogP contribution in [-0.4, -0.2) is 17.1 Å². The smallest absolute Gasteiger partial charge is 0.269 e. The number of non-ortho nitro benzene ring substituents is 1. The van der Waals surface area contributed by atoms with Crippen LogP contribution in [0.25, 0.3) is 0 Å². The topological polar surface area (TPSA) is 78.4 Å². The van der Waals surface area contributed by atoms with E-state index in [9.17, 15) is 10.1 Å². The molecule has 2 N–H and O–H groups in total. The Hall–Kier alpha value is -1.62. The Morgan fingerprint density at radius 3 is 2.40 bits per heavy atom. The standard InChI is InChI=1S/C15H20N2O3/c16-13-10-14(15(13)8-2-1-3-9-15)20-12-6-4-11(5-7-12)17(18)19/h4-7,13-14H,1-3,8-10,16H2. The van der Waals surface area contributed by atoms with Gasteiger partial charge in [0.25, 0.3) is 5.69 Å². The quantitative estimate of drug-likeness (QED) is 0.680. The van der Waals surface area contributed by atoms with Crippen molar-refractivity contribution in [3.8, 4) is 5.75 Å². The van der Waals surface area contributed by atoms with Gasteiger partial charge >= 0.3 is 0 Å². The normalized spacial score (nSPS) is 27.9. The van der Waals surface area contributed by atoms with Crippen LogP contribution in [0.15, 0.2) is 24.3 Å². The van der Waals surface area contributed by atoms with Gasteiger partial charge in [0, 0.05) is 30.0 Å². The summed E-state index contributed by atoms with van der Waals surface area (Å²) in [5, 5.41) is 10.6. The Kier molecular flexibility index (Phi) is 3.38. The highest BCUT2D eigenvalue weighted by atomic mass is 16.6. The molecule has 1 spiro atoms. The van der Waals surface area contributed by atoms with Gasteiger partial charge < -0.3 is 10.5 Å². The number of hydrogen-bond donors (Lipinski definition) is 1. The Morgan fingerprint density at radius 2 is 1.85 bits per heavy atom. The van der Waals surface area contributed by atoms with Gasteiger partial charge in [-0.15, -0.1) is 0 Å². The van der Waals surface area contributed by atoms with E-state index in [2.05, 4.69) is 0 Å². The zero-order valence-electron chi connectivity index (χ0n) is 11.5. The molecule has 108 valence electrons. The van der Waals surface area contributed by atoms with Gasteiger partial charge in [0.1, 0.15) is 11.9 Å². The maximum absolute atomic E-state index is 10.6. The van der Waals surface area contributed by atoms with Crippen LogP contribution in [0.5, 0.6) is 5.75 Å². The molecule has 0 bridgehead atoms. The summed E-state index contributed by atoms with van der Waals surface area (Å²) in [7, 11) is 0. The third-order valence-electron chi connectivity index (χ3n) is 4.96. The molecule has 0 aliphatic heterocycles. The van der Waals surface area contributed by atoms with Gasteiger partial charge in [-0.1, -0.05) is 19.3 Å². The highest BCUT2D eigenvalue weighted by molar-refractivity contribution is 5.36. The summed E-state index contributed by atoms with van der Waals surface area (Å²) in [4.78, 5) is 10.2. The molecule has 3 rings (SSSR count). The molecule has 2 atom stereocenters. The number of nitro benzene ring substituents is 1. The molecular formula is C15H20N2O3. The van der Waals surface area contributed by atoms with Crippen molar-refractivity contribution in [2.45, 2.75) is 50.7 Å². The molecule has 0 amide bonds. The fraction of sp³-hybridized carbons (Fsp3) is 0.600. The average molecular weight is 276 g/mol. The van der Waals surface area contributed by atoms with Gasteiger partial charge in [0.15, 0.2) is 0 Å². The lowest BCUT2D eigenvalue weighted by molar-refractivity contribution is -0.384. The second kappa shape index (κ2) is 5.05. The SMILES string of the molecule is NC1CC(Oc2ccc([N+](=O)[O-])cc2)C12CCCCC2. The second-order valence-electron chi connectivity index (χ2n) is 5.99. The first kappa shape index (κ1) is 13.4. The molecule has 0 aromatic heterocycles. The number of nitrogens with two attached hydrogens (primary N) is 1. The van der Waals surface area contributed by atoms with Crippen LogP contribution in [0.4, 0.5) is 5.69 Å². The summed E-state index contributed by atoms with van der Waals surface area (Å²) in [6, 6.07) is 6.57. The summed E-state index contributed by atoms with van der Waals surface area (Å²) >= 11 is 0. The van der Waals surface area contributed by atoms with Crippen molar-refractivity contribution < 1.29 is 9.66 Å². The molecular weight excluding hydrogens is 256 g/mol. The van der Waals surface area contributed by atoms with Crippen LogP contribution < -0.4 is 10.5 Å². The molecule has 2 saturated carbocycles. The molecule has 2 fully saturated rings. The molecule has 5 nitrogen and oxygen atoms in total. The van der Waals surface area contributed by atoms with E-state index in [-0.39, 0.29) is 23.2 Å². The van der Waals surface area contributed by atoms with Crippen LogP contribution >= 0.6 is 0 Å². The molecule has 0 saturated heterocycles. The summed E-state index contributed by atoms with van der Waals surface area (Å²) in [5.74, 6) is 0.706. The summed E-state index contributed by atoms with van der Waals surface area (Å²) in [6.45, 7) is 0. The van der Waals surface area contributed by atoms with Crippen molar-refractivity contribution >= 4 is 5.69 Å². The number of ether oxygens (including phenoxy) is 1. The monoisotopic (exact) mass is 276 g/mol. The van der Waals surface area contributed by atoms with Crippen LogP contribution in [0.1, 0.15) is 38.5 Å². The number of rotatable bonds is 3. The highest BCUT2D eigenvalue weighted by Crippen LogP contribution is 2.52.